The standard InChI is InChI=1S/C29H42O/c1-3-5-7-8-9-10-12-24-13-16-26(17-14-24)27-18-20-28(21-19-27)29-22-15-25(23-30-29)11-6-4-2/h13-14,16-21,25,29H,3-12,15,22-23H2,1-2H3. The van der Waals surface area contributed by atoms with Crippen LogP contribution in [0.4, 0.5) is 0 Å². The number of unbranched alkanes of at least 4 members (excludes halogenated alkanes) is 6. The number of aryl methyl sites for hydroxylation is 1. The van der Waals surface area contributed by atoms with Gasteiger partial charge in [0.05, 0.1) is 12.7 Å². The molecule has 0 bridgehead atoms. The Morgan fingerprint density at radius 1 is 0.700 bits per heavy atom. The van der Waals surface area contributed by atoms with E-state index in [0.717, 1.165) is 12.5 Å². The summed E-state index contributed by atoms with van der Waals surface area (Å²) >= 11 is 0. The van der Waals surface area contributed by atoms with Crippen molar-refractivity contribution in [3.63, 3.8) is 0 Å². The van der Waals surface area contributed by atoms with Crippen LogP contribution in [0.5, 0.6) is 0 Å². The Morgan fingerprint density at radius 2 is 1.33 bits per heavy atom. The summed E-state index contributed by atoms with van der Waals surface area (Å²) in [5.74, 6) is 0.773. The van der Waals surface area contributed by atoms with E-state index in [4.69, 9.17) is 4.74 Å². The molecule has 1 aliphatic heterocycles. The van der Waals surface area contributed by atoms with E-state index in [-0.39, 0.29) is 6.10 Å². The van der Waals surface area contributed by atoms with E-state index < -0.39 is 0 Å². The summed E-state index contributed by atoms with van der Waals surface area (Å²) in [6.45, 7) is 5.49. The largest absolute Gasteiger partial charge is 0.373 e. The van der Waals surface area contributed by atoms with Gasteiger partial charge in [-0.1, -0.05) is 107 Å². The number of benzene rings is 2. The molecule has 0 aliphatic carbocycles. The van der Waals surface area contributed by atoms with Crippen LogP contribution in [0.3, 0.4) is 0 Å². The van der Waals surface area contributed by atoms with Gasteiger partial charge < -0.3 is 4.74 Å². The molecular weight excluding hydrogens is 364 g/mol. The van der Waals surface area contributed by atoms with Crippen molar-refractivity contribution in [3.8, 4) is 11.1 Å². The van der Waals surface area contributed by atoms with Gasteiger partial charge in [-0.2, -0.15) is 0 Å². The summed E-state index contributed by atoms with van der Waals surface area (Å²) < 4.78 is 6.20. The van der Waals surface area contributed by atoms with Crippen molar-refractivity contribution in [2.45, 2.75) is 97.0 Å². The third-order valence-corrected chi connectivity index (χ3v) is 6.72. The molecule has 164 valence electrons. The molecule has 1 aliphatic rings. The van der Waals surface area contributed by atoms with Gasteiger partial charge in [0.1, 0.15) is 0 Å². The topological polar surface area (TPSA) is 9.23 Å². The summed E-state index contributed by atoms with van der Waals surface area (Å²) in [4.78, 5) is 0. The Balaban J connectivity index is 1.45. The Morgan fingerprint density at radius 3 is 1.97 bits per heavy atom. The van der Waals surface area contributed by atoms with Crippen molar-refractivity contribution >= 4 is 0 Å². The van der Waals surface area contributed by atoms with Crippen LogP contribution in [-0.4, -0.2) is 6.61 Å². The van der Waals surface area contributed by atoms with E-state index in [1.807, 2.05) is 0 Å². The molecule has 1 heteroatoms. The van der Waals surface area contributed by atoms with Gasteiger partial charge in [0.15, 0.2) is 0 Å². The molecule has 1 heterocycles. The molecule has 2 aromatic carbocycles. The molecule has 1 fully saturated rings. The minimum atomic E-state index is 0.289. The Kier molecular flexibility index (Phi) is 9.96. The van der Waals surface area contributed by atoms with E-state index in [1.54, 1.807) is 0 Å². The minimum absolute atomic E-state index is 0.289. The van der Waals surface area contributed by atoms with Gasteiger partial charge in [-0.05, 0) is 60.3 Å². The molecular formula is C29H42O. The second-order valence-corrected chi connectivity index (χ2v) is 9.24. The molecule has 30 heavy (non-hydrogen) atoms. The molecule has 0 aromatic heterocycles. The van der Waals surface area contributed by atoms with Crippen molar-refractivity contribution < 1.29 is 4.74 Å². The van der Waals surface area contributed by atoms with Gasteiger partial charge in [-0.25, -0.2) is 0 Å². The maximum Gasteiger partial charge on any atom is 0.0825 e. The van der Waals surface area contributed by atoms with Crippen molar-refractivity contribution in [1.82, 2.24) is 0 Å². The molecule has 3 rings (SSSR count). The zero-order valence-corrected chi connectivity index (χ0v) is 19.4. The minimum Gasteiger partial charge on any atom is -0.373 e. The number of hydrogen-bond donors (Lipinski definition) is 0. The van der Waals surface area contributed by atoms with Crippen LogP contribution in [0.15, 0.2) is 48.5 Å². The number of rotatable bonds is 12. The van der Waals surface area contributed by atoms with Gasteiger partial charge in [0.25, 0.3) is 0 Å². The average molecular weight is 407 g/mol. The van der Waals surface area contributed by atoms with Crippen LogP contribution in [0.1, 0.15) is 102 Å². The van der Waals surface area contributed by atoms with Crippen molar-refractivity contribution in [2.75, 3.05) is 6.61 Å². The molecule has 2 unspecified atom stereocenters. The highest BCUT2D eigenvalue weighted by atomic mass is 16.5. The molecule has 0 amide bonds. The van der Waals surface area contributed by atoms with Gasteiger partial charge in [-0.3, -0.25) is 0 Å². The molecule has 2 aromatic rings. The Labute approximate surface area is 185 Å². The van der Waals surface area contributed by atoms with E-state index in [0.29, 0.717) is 0 Å². The summed E-state index contributed by atoms with van der Waals surface area (Å²) in [5, 5.41) is 0. The second kappa shape index (κ2) is 13.0. The van der Waals surface area contributed by atoms with Crippen molar-refractivity contribution in [3.05, 3.63) is 59.7 Å². The van der Waals surface area contributed by atoms with Crippen molar-refractivity contribution in [1.29, 1.82) is 0 Å². The van der Waals surface area contributed by atoms with Crippen LogP contribution in [0.25, 0.3) is 11.1 Å². The monoisotopic (exact) mass is 406 g/mol. The zero-order valence-electron chi connectivity index (χ0n) is 19.4. The first-order valence-electron chi connectivity index (χ1n) is 12.6. The van der Waals surface area contributed by atoms with Crippen LogP contribution in [-0.2, 0) is 11.2 Å². The van der Waals surface area contributed by atoms with E-state index >= 15 is 0 Å². The quantitative estimate of drug-likeness (QED) is 0.320. The second-order valence-electron chi connectivity index (χ2n) is 9.24. The molecule has 0 N–H and O–H groups in total. The highest BCUT2D eigenvalue weighted by molar-refractivity contribution is 5.64. The van der Waals surface area contributed by atoms with Crippen LogP contribution < -0.4 is 0 Å². The van der Waals surface area contributed by atoms with E-state index in [2.05, 4.69) is 62.4 Å². The third kappa shape index (κ3) is 7.27. The Hall–Kier alpha value is -1.60. The summed E-state index contributed by atoms with van der Waals surface area (Å²) in [6.07, 6.45) is 16.1. The number of hydrogen-bond acceptors (Lipinski definition) is 1. The van der Waals surface area contributed by atoms with Gasteiger partial charge in [0.2, 0.25) is 0 Å². The fraction of sp³-hybridized carbons (Fsp3) is 0.586. The normalized spacial score (nSPS) is 19.1. The Bertz CT molecular complexity index is 692. The van der Waals surface area contributed by atoms with E-state index in [9.17, 15) is 0 Å². The lowest BCUT2D eigenvalue weighted by Gasteiger charge is -2.29. The smallest absolute Gasteiger partial charge is 0.0825 e. The molecule has 0 radical (unpaired) electrons. The summed E-state index contributed by atoms with van der Waals surface area (Å²) in [7, 11) is 0. The van der Waals surface area contributed by atoms with Gasteiger partial charge in [0, 0.05) is 0 Å². The SMILES string of the molecule is CCCCCCCCc1ccc(-c2ccc(C3CCC(CCCC)CO3)cc2)cc1. The predicted octanol–water partition coefficient (Wildman–Crippen LogP) is 8.91. The maximum atomic E-state index is 6.20. The molecule has 1 saturated heterocycles. The lowest BCUT2D eigenvalue weighted by Crippen LogP contribution is -2.20. The first-order valence-corrected chi connectivity index (χ1v) is 12.6. The summed E-state index contributed by atoms with van der Waals surface area (Å²) in [5.41, 5.74) is 5.44. The first kappa shape index (κ1) is 23.1. The predicted molar refractivity (Wildman–Crippen MR) is 130 cm³/mol. The molecule has 2 atom stereocenters. The van der Waals surface area contributed by atoms with Crippen LogP contribution in [0.2, 0.25) is 0 Å². The van der Waals surface area contributed by atoms with Gasteiger partial charge in [-0.15, -0.1) is 0 Å². The average Bonchev–Trinajstić information content (AvgIpc) is 2.81. The summed E-state index contributed by atoms with van der Waals surface area (Å²) in [6, 6.07) is 18.3. The fourth-order valence-electron chi connectivity index (χ4n) is 4.65. The first-order chi connectivity index (χ1) is 14.8. The maximum absolute atomic E-state index is 6.20. The molecule has 1 nitrogen and oxygen atoms in total. The lowest BCUT2D eigenvalue weighted by atomic mass is 9.90. The highest BCUT2D eigenvalue weighted by Crippen LogP contribution is 2.33. The zero-order chi connectivity index (χ0) is 21.0. The van der Waals surface area contributed by atoms with Gasteiger partial charge >= 0.3 is 0 Å². The van der Waals surface area contributed by atoms with E-state index in [1.165, 1.54) is 99.3 Å². The number of ether oxygens (including phenoxy) is 1. The lowest BCUT2D eigenvalue weighted by molar-refractivity contribution is -0.0197. The van der Waals surface area contributed by atoms with Crippen molar-refractivity contribution in [2.24, 2.45) is 5.92 Å². The molecule has 0 saturated carbocycles. The fourth-order valence-corrected chi connectivity index (χ4v) is 4.65. The van der Waals surface area contributed by atoms with Crippen LogP contribution in [0, 0.1) is 5.92 Å². The van der Waals surface area contributed by atoms with Crippen LogP contribution >= 0.6 is 0 Å². The third-order valence-electron chi connectivity index (χ3n) is 6.72. The molecule has 0 spiro atoms. The highest BCUT2D eigenvalue weighted by Gasteiger charge is 2.22.